The number of aliphatic imine (C=N–C) groups is 1. The zero-order valence-electron chi connectivity index (χ0n) is 14.7. The molecule has 1 aromatic heterocycles. The summed E-state index contributed by atoms with van der Waals surface area (Å²) in [6.07, 6.45) is 3.76. The van der Waals surface area contributed by atoms with Gasteiger partial charge in [0.2, 0.25) is 0 Å². The Kier molecular flexibility index (Phi) is 6.28. The molecule has 0 aliphatic carbocycles. The fourth-order valence-electron chi connectivity index (χ4n) is 2.67. The van der Waals surface area contributed by atoms with Gasteiger partial charge in [0.25, 0.3) is 0 Å². The second kappa shape index (κ2) is 9.06. The monoisotopic (exact) mass is 367 g/mol. The molecule has 0 saturated heterocycles. The van der Waals surface area contributed by atoms with Crippen molar-refractivity contribution >= 4 is 17.6 Å². The van der Waals surface area contributed by atoms with Gasteiger partial charge in [0.1, 0.15) is 0 Å². The maximum atomic E-state index is 6.20. The highest BCUT2D eigenvalue weighted by Crippen LogP contribution is 2.14. The summed E-state index contributed by atoms with van der Waals surface area (Å²) in [6, 6.07) is 18.1. The second-order valence-electron chi connectivity index (χ2n) is 5.84. The van der Waals surface area contributed by atoms with E-state index in [1.54, 1.807) is 13.2 Å². The van der Waals surface area contributed by atoms with Crippen LogP contribution in [0.15, 0.2) is 72.0 Å². The Hall–Kier alpha value is -2.79. The minimum Gasteiger partial charge on any atom is -0.352 e. The van der Waals surface area contributed by atoms with Crippen molar-refractivity contribution in [2.75, 3.05) is 7.05 Å². The molecule has 0 saturated carbocycles. The number of hydrogen-bond acceptors (Lipinski definition) is 2. The number of rotatable bonds is 6. The van der Waals surface area contributed by atoms with Crippen molar-refractivity contribution in [1.29, 1.82) is 0 Å². The summed E-state index contributed by atoms with van der Waals surface area (Å²) in [6.45, 7) is 2.05. The predicted octanol–water partition coefficient (Wildman–Crippen LogP) is 3.45. The highest BCUT2D eigenvalue weighted by molar-refractivity contribution is 6.31. The van der Waals surface area contributed by atoms with Crippen LogP contribution in [0.1, 0.15) is 16.7 Å². The lowest BCUT2D eigenvalue weighted by Gasteiger charge is -2.15. The van der Waals surface area contributed by atoms with Gasteiger partial charge in [-0.05, 0) is 28.8 Å². The molecule has 0 atom stereocenters. The first-order valence-corrected chi connectivity index (χ1v) is 8.86. The van der Waals surface area contributed by atoms with Crippen LogP contribution >= 0.6 is 11.6 Å². The molecule has 2 aromatic carbocycles. The molecule has 0 amide bonds. The van der Waals surface area contributed by atoms with Gasteiger partial charge < -0.3 is 10.6 Å². The van der Waals surface area contributed by atoms with E-state index in [-0.39, 0.29) is 0 Å². The molecule has 134 valence electrons. The number of aromatic nitrogens is 2. The van der Waals surface area contributed by atoms with Crippen LogP contribution in [-0.4, -0.2) is 22.8 Å². The topological polar surface area (TPSA) is 54.2 Å². The molecule has 0 unspecified atom stereocenters. The summed E-state index contributed by atoms with van der Waals surface area (Å²) in [5.74, 6) is 0.735. The van der Waals surface area contributed by atoms with Crippen LogP contribution in [-0.2, 0) is 19.6 Å². The minimum absolute atomic E-state index is 0.619. The van der Waals surface area contributed by atoms with Gasteiger partial charge in [-0.25, -0.2) is 0 Å². The Bertz CT molecular complexity index is 858. The van der Waals surface area contributed by atoms with Crippen LogP contribution in [0.25, 0.3) is 0 Å². The molecular weight excluding hydrogens is 346 g/mol. The van der Waals surface area contributed by atoms with E-state index < -0.39 is 0 Å². The summed E-state index contributed by atoms with van der Waals surface area (Å²) >= 11 is 6.20. The fraction of sp³-hybridized carbons (Fsp3) is 0.200. The molecule has 0 radical (unpaired) electrons. The Balaban J connectivity index is 1.60. The van der Waals surface area contributed by atoms with Gasteiger partial charge in [-0.15, -0.1) is 0 Å². The fourth-order valence-corrected chi connectivity index (χ4v) is 2.88. The third kappa shape index (κ3) is 4.86. The van der Waals surface area contributed by atoms with Crippen LogP contribution in [0.3, 0.4) is 0 Å². The second-order valence-corrected chi connectivity index (χ2v) is 6.25. The summed E-state index contributed by atoms with van der Waals surface area (Å²) in [5.41, 5.74) is 3.48. The van der Waals surface area contributed by atoms with E-state index in [4.69, 9.17) is 11.6 Å². The van der Waals surface area contributed by atoms with E-state index >= 15 is 0 Å². The smallest absolute Gasteiger partial charge is 0.191 e. The first-order chi connectivity index (χ1) is 12.8. The molecule has 0 fully saturated rings. The van der Waals surface area contributed by atoms with Gasteiger partial charge in [0.05, 0.1) is 6.54 Å². The Morgan fingerprint density at radius 1 is 0.962 bits per heavy atom. The van der Waals surface area contributed by atoms with E-state index in [1.807, 2.05) is 53.3 Å². The van der Waals surface area contributed by atoms with Gasteiger partial charge in [-0.2, -0.15) is 5.10 Å². The average Bonchev–Trinajstić information content (AvgIpc) is 3.17. The van der Waals surface area contributed by atoms with Crippen molar-refractivity contribution in [3.05, 3.63) is 88.7 Å². The SMILES string of the molecule is CN=C(NCc1ccccc1Cl)NCc1ccccc1Cn1cccn1. The lowest BCUT2D eigenvalue weighted by molar-refractivity contribution is 0.677. The van der Waals surface area contributed by atoms with Gasteiger partial charge in [-0.3, -0.25) is 9.67 Å². The molecule has 6 heteroatoms. The summed E-state index contributed by atoms with van der Waals surface area (Å²) in [7, 11) is 1.76. The van der Waals surface area contributed by atoms with Gasteiger partial charge >= 0.3 is 0 Å². The third-order valence-electron chi connectivity index (χ3n) is 4.08. The molecule has 0 spiro atoms. The number of guanidine groups is 1. The highest BCUT2D eigenvalue weighted by atomic mass is 35.5. The average molecular weight is 368 g/mol. The molecule has 2 N–H and O–H groups in total. The van der Waals surface area contributed by atoms with Crippen LogP contribution in [0, 0.1) is 0 Å². The van der Waals surface area contributed by atoms with Crippen LogP contribution in [0.4, 0.5) is 0 Å². The van der Waals surface area contributed by atoms with Crippen LogP contribution < -0.4 is 10.6 Å². The lowest BCUT2D eigenvalue weighted by atomic mass is 10.1. The predicted molar refractivity (Wildman–Crippen MR) is 106 cm³/mol. The quantitative estimate of drug-likeness (QED) is 0.518. The molecule has 0 aliphatic rings. The Morgan fingerprint density at radius 2 is 1.62 bits per heavy atom. The van der Waals surface area contributed by atoms with Crippen molar-refractivity contribution in [2.24, 2.45) is 4.99 Å². The molecule has 26 heavy (non-hydrogen) atoms. The number of halogens is 1. The standard InChI is InChI=1S/C20H22ClN5/c1-22-20(24-14-17-8-4-5-10-19(17)21)23-13-16-7-2-3-9-18(16)15-26-12-6-11-25-26/h2-12H,13-15H2,1H3,(H2,22,23,24). The zero-order chi connectivity index (χ0) is 18.2. The van der Waals surface area contributed by atoms with E-state index in [0.717, 1.165) is 23.1 Å². The summed E-state index contributed by atoms with van der Waals surface area (Å²) in [5, 5.41) is 11.7. The first kappa shape index (κ1) is 18.0. The molecule has 3 rings (SSSR count). The summed E-state index contributed by atoms with van der Waals surface area (Å²) < 4.78 is 1.92. The van der Waals surface area contributed by atoms with Gasteiger partial charge in [0.15, 0.2) is 5.96 Å². The minimum atomic E-state index is 0.619. The van der Waals surface area contributed by atoms with Crippen molar-refractivity contribution < 1.29 is 0 Å². The number of hydrogen-bond donors (Lipinski definition) is 2. The van der Waals surface area contributed by atoms with E-state index in [0.29, 0.717) is 13.1 Å². The zero-order valence-corrected chi connectivity index (χ0v) is 15.4. The van der Waals surface area contributed by atoms with Crippen molar-refractivity contribution in [2.45, 2.75) is 19.6 Å². The Morgan fingerprint density at radius 3 is 2.27 bits per heavy atom. The molecule has 1 heterocycles. The van der Waals surface area contributed by atoms with Gasteiger partial charge in [-0.1, -0.05) is 54.1 Å². The molecule has 0 bridgehead atoms. The molecule has 3 aromatic rings. The van der Waals surface area contributed by atoms with E-state index in [9.17, 15) is 0 Å². The first-order valence-electron chi connectivity index (χ1n) is 8.48. The molecule has 5 nitrogen and oxygen atoms in total. The number of nitrogens with zero attached hydrogens (tertiary/aromatic N) is 3. The van der Waals surface area contributed by atoms with Crippen LogP contribution in [0.5, 0.6) is 0 Å². The van der Waals surface area contributed by atoms with Crippen molar-refractivity contribution in [1.82, 2.24) is 20.4 Å². The van der Waals surface area contributed by atoms with Crippen LogP contribution in [0.2, 0.25) is 5.02 Å². The number of benzene rings is 2. The maximum Gasteiger partial charge on any atom is 0.191 e. The van der Waals surface area contributed by atoms with E-state index in [1.165, 1.54) is 11.1 Å². The normalized spacial score (nSPS) is 11.4. The molecule has 0 aliphatic heterocycles. The van der Waals surface area contributed by atoms with Crippen molar-refractivity contribution in [3.8, 4) is 0 Å². The highest BCUT2D eigenvalue weighted by Gasteiger charge is 2.05. The summed E-state index contributed by atoms with van der Waals surface area (Å²) in [4.78, 5) is 4.29. The molecular formula is C20H22ClN5. The number of nitrogens with one attached hydrogen (secondary N) is 2. The van der Waals surface area contributed by atoms with Gasteiger partial charge in [0, 0.05) is 37.6 Å². The largest absolute Gasteiger partial charge is 0.352 e. The van der Waals surface area contributed by atoms with E-state index in [2.05, 4.69) is 32.9 Å². The maximum absolute atomic E-state index is 6.20. The lowest BCUT2D eigenvalue weighted by Crippen LogP contribution is -2.36. The van der Waals surface area contributed by atoms with Crippen molar-refractivity contribution in [3.63, 3.8) is 0 Å². The third-order valence-corrected chi connectivity index (χ3v) is 4.45. The Labute approximate surface area is 158 Å².